The lowest BCUT2D eigenvalue weighted by Gasteiger charge is -2.36. The second-order valence-corrected chi connectivity index (χ2v) is 9.89. The maximum Gasteiger partial charge on any atom is 0.253 e. The molecule has 1 aliphatic carbocycles. The minimum atomic E-state index is 0.115. The van der Waals surface area contributed by atoms with E-state index in [-0.39, 0.29) is 5.91 Å². The van der Waals surface area contributed by atoms with Crippen molar-refractivity contribution in [2.45, 2.75) is 25.7 Å². The van der Waals surface area contributed by atoms with Gasteiger partial charge in [0.05, 0.1) is 5.39 Å². The fourth-order valence-electron chi connectivity index (χ4n) is 4.99. The Balaban J connectivity index is 1.30. The van der Waals surface area contributed by atoms with E-state index in [1.807, 2.05) is 52.6 Å². The van der Waals surface area contributed by atoms with Gasteiger partial charge in [-0.2, -0.15) is 0 Å². The average Bonchev–Trinajstić information content (AvgIpc) is 3.46. The molecule has 0 unspecified atom stereocenters. The highest BCUT2D eigenvalue weighted by Gasteiger charge is 2.28. The first kappa shape index (κ1) is 20.4. The number of fused-ring (bicyclic) bond motifs is 3. The molecule has 1 saturated heterocycles. The van der Waals surface area contributed by atoms with Gasteiger partial charge in [-0.1, -0.05) is 48.5 Å². The van der Waals surface area contributed by atoms with Crippen LogP contribution in [0.2, 0.25) is 0 Å². The number of nitrogens with zero attached hydrogens (tertiary/aromatic N) is 4. The first-order chi connectivity index (χ1) is 16.3. The van der Waals surface area contributed by atoms with Gasteiger partial charge in [-0.05, 0) is 42.5 Å². The van der Waals surface area contributed by atoms with Gasteiger partial charge < -0.3 is 9.80 Å². The van der Waals surface area contributed by atoms with E-state index in [9.17, 15) is 4.79 Å². The summed E-state index contributed by atoms with van der Waals surface area (Å²) in [6.45, 7) is 3.00. The zero-order chi connectivity index (χ0) is 22.2. The molecule has 2 aromatic heterocycles. The maximum atomic E-state index is 12.9. The number of rotatable bonds is 4. The third kappa shape index (κ3) is 3.89. The third-order valence-electron chi connectivity index (χ3n) is 6.68. The molecule has 1 aliphatic heterocycles. The number of anilines is 1. The molecule has 33 heavy (non-hydrogen) atoms. The summed E-state index contributed by atoms with van der Waals surface area (Å²) in [5.41, 5.74) is 3.44. The first-order valence-corrected chi connectivity index (χ1v) is 12.5. The summed E-state index contributed by atoms with van der Waals surface area (Å²) in [7, 11) is 0. The van der Waals surface area contributed by atoms with Crippen LogP contribution in [0.25, 0.3) is 10.2 Å². The Bertz CT molecular complexity index is 1290. The van der Waals surface area contributed by atoms with E-state index < -0.39 is 0 Å². The Kier molecular flexibility index (Phi) is 5.30. The fraction of sp³-hybridized carbons (Fsp3) is 0.296. The number of benzene rings is 2. The number of aryl methyl sites for hydroxylation is 2. The molecule has 0 N–H and O–H groups in total. The van der Waals surface area contributed by atoms with Crippen molar-refractivity contribution >= 4 is 33.3 Å². The first-order valence-electron chi connectivity index (χ1n) is 11.7. The molecule has 0 atom stereocenters. The molecule has 1 fully saturated rings. The molecule has 166 valence electrons. The van der Waals surface area contributed by atoms with E-state index in [2.05, 4.69) is 29.2 Å². The molecule has 1 amide bonds. The van der Waals surface area contributed by atoms with E-state index in [4.69, 9.17) is 9.97 Å². The molecular weight excluding hydrogens is 428 g/mol. The van der Waals surface area contributed by atoms with Gasteiger partial charge in [0.1, 0.15) is 16.5 Å². The van der Waals surface area contributed by atoms with Gasteiger partial charge in [0.25, 0.3) is 5.91 Å². The van der Waals surface area contributed by atoms with Crippen molar-refractivity contribution in [2.75, 3.05) is 31.1 Å². The van der Waals surface area contributed by atoms with Crippen LogP contribution in [0.4, 0.5) is 5.82 Å². The largest absolute Gasteiger partial charge is 0.352 e. The SMILES string of the molecule is O=C(c1ccccc1)N1CCN(c2nc(Cc3ccccc3)nc3sc4c(c23)CCC4)CC1. The quantitative estimate of drug-likeness (QED) is 0.447. The van der Waals surface area contributed by atoms with Crippen LogP contribution in [0.15, 0.2) is 60.7 Å². The minimum Gasteiger partial charge on any atom is -0.352 e. The third-order valence-corrected chi connectivity index (χ3v) is 7.87. The number of thiophene rings is 1. The van der Waals surface area contributed by atoms with Crippen LogP contribution in [-0.4, -0.2) is 47.0 Å². The lowest BCUT2D eigenvalue weighted by molar-refractivity contribution is 0.0746. The summed E-state index contributed by atoms with van der Waals surface area (Å²) in [6, 6.07) is 20.0. The molecule has 0 bridgehead atoms. The Labute approximate surface area is 197 Å². The van der Waals surface area contributed by atoms with Crippen LogP contribution in [0.1, 0.15) is 38.6 Å². The summed E-state index contributed by atoms with van der Waals surface area (Å²) in [4.78, 5) is 30.0. The van der Waals surface area contributed by atoms with Crippen molar-refractivity contribution in [1.29, 1.82) is 0 Å². The molecule has 0 saturated carbocycles. The zero-order valence-corrected chi connectivity index (χ0v) is 19.4. The smallest absolute Gasteiger partial charge is 0.253 e. The highest BCUT2D eigenvalue weighted by Crippen LogP contribution is 2.41. The summed E-state index contributed by atoms with van der Waals surface area (Å²) in [6.07, 6.45) is 4.24. The monoisotopic (exact) mass is 454 g/mol. The average molecular weight is 455 g/mol. The van der Waals surface area contributed by atoms with Crippen molar-refractivity contribution in [2.24, 2.45) is 0 Å². The van der Waals surface area contributed by atoms with Crippen LogP contribution in [-0.2, 0) is 19.3 Å². The summed E-state index contributed by atoms with van der Waals surface area (Å²) in [5, 5.41) is 1.26. The Morgan fingerprint density at radius 2 is 1.61 bits per heavy atom. The summed E-state index contributed by atoms with van der Waals surface area (Å²) < 4.78 is 0. The molecule has 2 aliphatic rings. The number of amides is 1. The zero-order valence-electron chi connectivity index (χ0n) is 18.5. The van der Waals surface area contributed by atoms with E-state index >= 15 is 0 Å². The standard InChI is InChI=1S/C27H26N4OS/c32-27(20-10-5-2-6-11-20)31-16-14-30(15-17-31)25-24-21-12-7-13-22(21)33-26(24)29-23(28-25)18-19-8-3-1-4-9-19/h1-6,8-11H,7,12-18H2. The number of hydrogen-bond acceptors (Lipinski definition) is 5. The highest BCUT2D eigenvalue weighted by atomic mass is 32.1. The van der Waals surface area contributed by atoms with Gasteiger partial charge in [-0.25, -0.2) is 9.97 Å². The molecule has 4 aromatic rings. The lowest BCUT2D eigenvalue weighted by atomic mass is 10.1. The maximum absolute atomic E-state index is 12.9. The van der Waals surface area contributed by atoms with Gasteiger partial charge in [0, 0.05) is 43.0 Å². The Morgan fingerprint density at radius 3 is 2.36 bits per heavy atom. The van der Waals surface area contributed by atoms with Crippen LogP contribution in [0.5, 0.6) is 0 Å². The molecule has 5 nitrogen and oxygen atoms in total. The van der Waals surface area contributed by atoms with Crippen LogP contribution < -0.4 is 4.90 Å². The van der Waals surface area contributed by atoms with Gasteiger partial charge >= 0.3 is 0 Å². The number of carbonyl (C=O) groups is 1. The van der Waals surface area contributed by atoms with Crippen molar-refractivity contribution in [3.05, 3.63) is 88.1 Å². The van der Waals surface area contributed by atoms with Crippen LogP contribution in [0.3, 0.4) is 0 Å². The Hall–Kier alpha value is -3.25. The van der Waals surface area contributed by atoms with Crippen molar-refractivity contribution in [3.63, 3.8) is 0 Å². The van der Waals surface area contributed by atoms with Gasteiger partial charge in [0.2, 0.25) is 0 Å². The number of piperazine rings is 1. The molecule has 6 heteroatoms. The predicted octanol–water partition coefficient (Wildman–Crippen LogP) is 4.73. The molecule has 2 aromatic carbocycles. The van der Waals surface area contributed by atoms with E-state index in [0.29, 0.717) is 13.1 Å². The normalized spacial score (nSPS) is 15.8. The van der Waals surface area contributed by atoms with E-state index in [1.165, 1.54) is 27.8 Å². The van der Waals surface area contributed by atoms with Crippen LogP contribution >= 0.6 is 11.3 Å². The van der Waals surface area contributed by atoms with Crippen LogP contribution in [0, 0.1) is 0 Å². The van der Waals surface area contributed by atoms with Crippen molar-refractivity contribution in [3.8, 4) is 0 Å². The predicted molar refractivity (Wildman–Crippen MR) is 133 cm³/mol. The second-order valence-electron chi connectivity index (χ2n) is 8.81. The molecule has 0 spiro atoms. The highest BCUT2D eigenvalue weighted by molar-refractivity contribution is 7.19. The molecule has 0 radical (unpaired) electrons. The number of hydrogen-bond donors (Lipinski definition) is 0. The topological polar surface area (TPSA) is 49.3 Å². The van der Waals surface area contributed by atoms with Gasteiger partial charge in [-0.3, -0.25) is 4.79 Å². The number of carbonyl (C=O) groups excluding carboxylic acids is 1. The lowest BCUT2D eigenvalue weighted by Crippen LogP contribution is -2.49. The Morgan fingerprint density at radius 1 is 0.879 bits per heavy atom. The second kappa shape index (κ2) is 8.60. The number of aromatic nitrogens is 2. The fourth-order valence-corrected chi connectivity index (χ4v) is 6.27. The van der Waals surface area contributed by atoms with E-state index in [0.717, 1.165) is 54.4 Å². The molecule has 6 rings (SSSR count). The summed E-state index contributed by atoms with van der Waals surface area (Å²) >= 11 is 1.85. The molecular formula is C27H26N4OS. The van der Waals surface area contributed by atoms with E-state index in [1.54, 1.807) is 0 Å². The van der Waals surface area contributed by atoms with Gasteiger partial charge in [-0.15, -0.1) is 11.3 Å². The van der Waals surface area contributed by atoms with Crippen molar-refractivity contribution < 1.29 is 4.79 Å². The summed E-state index contributed by atoms with van der Waals surface area (Å²) in [5.74, 6) is 2.06. The minimum absolute atomic E-state index is 0.115. The van der Waals surface area contributed by atoms with Gasteiger partial charge in [0.15, 0.2) is 0 Å². The molecule has 3 heterocycles. The van der Waals surface area contributed by atoms with Crippen molar-refractivity contribution in [1.82, 2.24) is 14.9 Å².